The van der Waals surface area contributed by atoms with E-state index in [1.807, 2.05) is 12.1 Å². The van der Waals surface area contributed by atoms with Crippen LogP contribution in [0, 0.1) is 5.82 Å². The van der Waals surface area contributed by atoms with Crippen LogP contribution in [-0.2, 0) is 17.8 Å². The number of aryl methyl sites for hydroxylation is 1. The summed E-state index contributed by atoms with van der Waals surface area (Å²) in [5, 5.41) is 7.61. The number of hydrogen-bond donors (Lipinski definition) is 2. The number of hydrogen-bond acceptors (Lipinski definition) is 4. The maximum Gasteiger partial charge on any atom is 0.329 e. The smallest absolute Gasteiger partial charge is 0.329 e. The molecule has 0 radical (unpaired) electrons. The zero-order chi connectivity index (χ0) is 24.1. The van der Waals surface area contributed by atoms with E-state index >= 15 is 0 Å². The maximum absolute atomic E-state index is 13.4. The van der Waals surface area contributed by atoms with Gasteiger partial charge < -0.3 is 9.88 Å². The molecule has 9 heteroatoms. The number of unbranched alkanes of at least 4 members (excludes halogenated alkanes) is 2. The van der Waals surface area contributed by atoms with Gasteiger partial charge in [0.25, 0.3) is 5.56 Å². The zero-order valence-corrected chi connectivity index (χ0v) is 18.9. The Balaban J connectivity index is 1.24. The molecule has 176 valence electrons. The molecule has 0 saturated carbocycles. The van der Waals surface area contributed by atoms with Crippen LogP contribution in [-0.4, -0.2) is 44.1 Å². The Morgan fingerprint density at radius 3 is 2.71 bits per heavy atom. The summed E-state index contributed by atoms with van der Waals surface area (Å²) in [7, 11) is 1.67. The molecule has 0 atom stereocenters. The molecule has 0 fully saturated rings. The predicted molar refractivity (Wildman–Crippen MR) is 128 cm³/mol. The first-order valence-corrected chi connectivity index (χ1v) is 11.2. The molecule has 1 amide bonds. The summed E-state index contributed by atoms with van der Waals surface area (Å²) in [5.41, 5.74) is 1.79. The van der Waals surface area contributed by atoms with Crippen molar-refractivity contribution in [3.63, 3.8) is 0 Å². The highest BCUT2D eigenvalue weighted by Crippen LogP contribution is 2.19. The number of fused-ring (bicyclic) bond motifs is 1. The first-order chi connectivity index (χ1) is 16.4. The number of likely N-dealkylation sites (N-methyl/N-ethyl adjacent to an activating group) is 1. The summed E-state index contributed by atoms with van der Waals surface area (Å²) in [4.78, 5) is 41.6. The van der Waals surface area contributed by atoms with Crippen molar-refractivity contribution < 1.29 is 9.18 Å². The highest BCUT2D eigenvalue weighted by Gasteiger charge is 2.14. The minimum atomic E-state index is -0.595. The van der Waals surface area contributed by atoms with Gasteiger partial charge in [0.05, 0.1) is 16.6 Å². The molecule has 2 N–H and O–H groups in total. The van der Waals surface area contributed by atoms with Crippen molar-refractivity contribution in [2.24, 2.45) is 0 Å². The van der Waals surface area contributed by atoms with Crippen LogP contribution < -0.4 is 11.2 Å². The van der Waals surface area contributed by atoms with E-state index in [4.69, 9.17) is 0 Å². The van der Waals surface area contributed by atoms with E-state index in [1.54, 1.807) is 42.3 Å². The van der Waals surface area contributed by atoms with Crippen LogP contribution in [0.25, 0.3) is 22.2 Å². The number of nitrogens with zero attached hydrogens (tertiary/aromatic N) is 3. The second kappa shape index (κ2) is 10.3. The van der Waals surface area contributed by atoms with E-state index in [0.29, 0.717) is 23.1 Å². The van der Waals surface area contributed by atoms with Crippen molar-refractivity contribution >= 4 is 16.8 Å². The van der Waals surface area contributed by atoms with Crippen molar-refractivity contribution in [3.8, 4) is 11.3 Å². The lowest BCUT2D eigenvalue weighted by Gasteiger charge is -2.17. The SMILES string of the molecule is CN(CCCCCc1cc(-c2cccc(F)c2)n[nH]1)C(=O)Cn1c(=O)[nH]c2ccccc2c1=O. The van der Waals surface area contributed by atoms with Gasteiger partial charge in [-0.2, -0.15) is 5.10 Å². The fourth-order valence-corrected chi connectivity index (χ4v) is 3.85. The summed E-state index contributed by atoms with van der Waals surface area (Å²) in [5.74, 6) is -0.591. The topological polar surface area (TPSA) is 104 Å². The molecule has 2 aromatic heterocycles. The average molecular weight is 464 g/mol. The number of carbonyl (C=O) groups excluding carboxylic acids is 1. The van der Waals surface area contributed by atoms with E-state index in [1.165, 1.54) is 12.1 Å². The largest absolute Gasteiger partial charge is 0.344 e. The third-order valence-electron chi connectivity index (χ3n) is 5.80. The summed E-state index contributed by atoms with van der Waals surface area (Å²) in [6, 6.07) is 15.0. The number of rotatable bonds is 9. The number of halogens is 1. The number of aromatic amines is 2. The Kier molecular flexibility index (Phi) is 7.01. The molecule has 8 nitrogen and oxygen atoms in total. The monoisotopic (exact) mass is 463 g/mol. The normalized spacial score (nSPS) is 11.1. The second-order valence-corrected chi connectivity index (χ2v) is 8.28. The van der Waals surface area contributed by atoms with E-state index in [-0.39, 0.29) is 18.3 Å². The van der Waals surface area contributed by atoms with Gasteiger partial charge in [0.1, 0.15) is 12.4 Å². The van der Waals surface area contributed by atoms with Crippen LogP contribution in [0.3, 0.4) is 0 Å². The van der Waals surface area contributed by atoms with Crippen molar-refractivity contribution in [2.45, 2.75) is 32.2 Å². The van der Waals surface area contributed by atoms with Crippen LogP contribution in [0.1, 0.15) is 25.0 Å². The average Bonchev–Trinajstić information content (AvgIpc) is 3.30. The van der Waals surface area contributed by atoms with Crippen LogP contribution >= 0.6 is 0 Å². The van der Waals surface area contributed by atoms with E-state index in [2.05, 4.69) is 15.2 Å². The number of benzene rings is 2. The molecular formula is C25H26FN5O3. The Bertz CT molecular complexity index is 1420. The van der Waals surface area contributed by atoms with Gasteiger partial charge in [-0.1, -0.05) is 30.7 Å². The summed E-state index contributed by atoms with van der Waals surface area (Å²) in [6.07, 6.45) is 3.37. The predicted octanol–water partition coefficient (Wildman–Crippen LogP) is 3.09. The summed E-state index contributed by atoms with van der Waals surface area (Å²) >= 11 is 0. The number of para-hydroxylation sites is 1. The Morgan fingerprint density at radius 1 is 1.06 bits per heavy atom. The van der Waals surface area contributed by atoms with Crippen molar-refractivity contribution in [1.82, 2.24) is 24.6 Å². The van der Waals surface area contributed by atoms with Crippen molar-refractivity contribution in [3.05, 3.63) is 86.9 Å². The van der Waals surface area contributed by atoms with E-state index < -0.39 is 11.2 Å². The lowest BCUT2D eigenvalue weighted by Crippen LogP contribution is -2.41. The molecule has 0 aliphatic rings. The quantitative estimate of drug-likeness (QED) is 0.372. The number of carbonyl (C=O) groups is 1. The van der Waals surface area contributed by atoms with Gasteiger partial charge in [-0.05, 0) is 49.6 Å². The minimum absolute atomic E-state index is 0.295. The highest BCUT2D eigenvalue weighted by molar-refractivity contribution is 5.78. The standard InChI is InChI=1S/C25H26FN5O3/c1-30(23(32)16-31-24(33)20-11-4-5-12-21(20)27-25(31)34)13-6-2-3-10-19-15-22(29-28-19)17-8-7-9-18(26)14-17/h4-5,7-9,11-12,14-15H,2-3,6,10,13,16H2,1H3,(H,27,34)(H,28,29). The van der Waals surface area contributed by atoms with Gasteiger partial charge in [-0.25, -0.2) is 9.18 Å². The fraction of sp³-hybridized carbons (Fsp3) is 0.280. The van der Waals surface area contributed by atoms with E-state index in [0.717, 1.165) is 41.5 Å². The van der Waals surface area contributed by atoms with Crippen LogP contribution in [0.4, 0.5) is 4.39 Å². The molecule has 2 heterocycles. The molecule has 0 aliphatic heterocycles. The van der Waals surface area contributed by atoms with Crippen molar-refractivity contribution in [2.75, 3.05) is 13.6 Å². The van der Waals surface area contributed by atoms with Gasteiger partial charge >= 0.3 is 5.69 Å². The summed E-state index contributed by atoms with van der Waals surface area (Å²) < 4.78 is 14.3. The third-order valence-corrected chi connectivity index (χ3v) is 5.80. The fourth-order valence-electron chi connectivity index (χ4n) is 3.85. The van der Waals surface area contributed by atoms with Crippen LogP contribution in [0.15, 0.2) is 64.2 Å². The lowest BCUT2D eigenvalue weighted by atomic mass is 10.1. The van der Waals surface area contributed by atoms with E-state index in [9.17, 15) is 18.8 Å². The molecule has 0 spiro atoms. The molecule has 0 saturated heterocycles. The third kappa shape index (κ3) is 5.31. The second-order valence-electron chi connectivity index (χ2n) is 8.28. The maximum atomic E-state index is 13.4. The zero-order valence-electron chi connectivity index (χ0n) is 18.9. The van der Waals surface area contributed by atoms with Crippen LogP contribution in [0.5, 0.6) is 0 Å². The molecule has 2 aromatic carbocycles. The Hall–Kier alpha value is -4.01. The van der Waals surface area contributed by atoms with Gasteiger partial charge in [0, 0.05) is 24.8 Å². The molecular weight excluding hydrogens is 437 g/mol. The highest BCUT2D eigenvalue weighted by atomic mass is 19.1. The molecule has 4 rings (SSSR count). The lowest BCUT2D eigenvalue weighted by molar-refractivity contribution is -0.130. The van der Waals surface area contributed by atoms with Crippen LogP contribution in [0.2, 0.25) is 0 Å². The molecule has 0 unspecified atom stereocenters. The minimum Gasteiger partial charge on any atom is -0.344 e. The first kappa shape index (κ1) is 23.2. The van der Waals surface area contributed by atoms with Crippen molar-refractivity contribution in [1.29, 1.82) is 0 Å². The van der Waals surface area contributed by atoms with Gasteiger partial charge in [-0.3, -0.25) is 19.3 Å². The van der Waals surface area contributed by atoms with Gasteiger partial charge in [0.2, 0.25) is 5.91 Å². The number of amides is 1. The molecule has 34 heavy (non-hydrogen) atoms. The summed E-state index contributed by atoms with van der Waals surface area (Å²) in [6.45, 7) is 0.225. The number of aromatic nitrogens is 4. The molecule has 0 aliphatic carbocycles. The Morgan fingerprint density at radius 2 is 1.88 bits per heavy atom. The van der Waals surface area contributed by atoms with Gasteiger partial charge in [-0.15, -0.1) is 0 Å². The Labute approximate surface area is 195 Å². The van der Waals surface area contributed by atoms with Gasteiger partial charge in [0.15, 0.2) is 0 Å². The first-order valence-electron chi connectivity index (χ1n) is 11.2. The number of nitrogens with one attached hydrogen (secondary N) is 2. The number of H-pyrrole nitrogens is 2. The molecule has 4 aromatic rings. The molecule has 0 bridgehead atoms.